The van der Waals surface area contributed by atoms with Crippen molar-refractivity contribution in [3.63, 3.8) is 0 Å². The van der Waals surface area contributed by atoms with Crippen LogP contribution < -0.4 is 11.3 Å². The number of nitrogens with zero attached hydrogens (tertiary/aromatic N) is 3. The summed E-state index contributed by atoms with van der Waals surface area (Å²) >= 11 is 0. The van der Waals surface area contributed by atoms with Gasteiger partial charge < -0.3 is 9.99 Å². The molecule has 2 aromatic rings. The summed E-state index contributed by atoms with van der Waals surface area (Å²) in [5.41, 5.74) is 4.45. The minimum atomic E-state index is 0.725. The highest BCUT2D eigenvalue weighted by Crippen LogP contribution is 2.10. The minimum Gasteiger partial charge on any atom is -0.335 e. The average molecular weight is 231 g/mol. The SMILES string of the molecule is CCCn1ccnc1Cc1cc(NN)ccn1. The molecule has 0 saturated carbocycles. The van der Waals surface area contributed by atoms with Gasteiger partial charge >= 0.3 is 0 Å². The van der Waals surface area contributed by atoms with Gasteiger partial charge in [0.05, 0.1) is 5.69 Å². The number of rotatable bonds is 5. The molecule has 90 valence electrons. The van der Waals surface area contributed by atoms with Crippen molar-refractivity contribution < 1.29 is 0 Å². The Balaban J connectivity index is 2.16. The highest BCUT2D eigenvalue weighted by molar-refractivity contribution is 5.42. The second-order valence-electron chi connectivity index (χ2n) is 3.89. The molecule has 0 aromatic carbocycles. The van der Waals surface area contributed by atoms with E-state index in [1.54, 1.807) is 6.20 Å². The molecule has 2 heterocycles. The van der Waals surface area contributed by atoms with Crippen LogP contribution in [0.5, 0.6) is 0 Å². The van der Waals surface area contributed by atoms with Gasteiger partial charge in [-0.25, -0.2) is 4.98 Å². The van der Waals surface area contributed by atoms with Gasteiger partial charge in [0.15, 0.2) is 0 Å². The number of imidazole rings is 1. The van der Waals surface area contributed by atoms with Gasteiger partial charge in [0, 0.05) is 37.3 Å². The van der Waals surface area contributed by atoms with E-state index in [2.05, 4.69) is 26.9 Å². The van der Waals surface area contributed by atoms with Crippen molar-refractivity contribution in [2.75, 3.05) is 5.43 Å². The van der Waals surface area contributed by atoms with Gasteiger partial charge in [0.25, 0.3) is 0 Å². The lowest BCUT2D eigenvalue weighted by Crippen LogP contribution is -2.08. The van der Waals surface area contributed by atoms with E-state index in [9.17, 15) is 0 Å². The number of pyridine rings is 1. The molecule has 0 radical (unpaired) electrons. The van der Waals surface area contributed by atoms with E-state index in [-0.39, 0.29) is 0 Å². The molecule has 2 rings (SSSR count). The maximum atomic E-state index is 5.37. The Morgan fingerprint density at radius 3 is 3.00 bits per heavy atom. The Hall–Kier alpha value is -1.88. The van der Waals surface area contributed by atoms with E-state index in [0.717, 1.165) is 36.6 Å². The fourth-order valence-electron chi connectivity index (χ4n) is 1.78. The first-order chi connectivity index (χ1) is 8.33. The second kappa shape index (κ2) is 5.45. The van der Waals surface area contributed by atoms with Gasteiger partial charge in [-0.15, -0.1) is 0 Å². The van der Waals surface area contributed by atoms with Gasteiger partial charge in [-0.1, -0.05) is 6.92 Å². The average Bonchev–Trinajstić information content (AvgIpc) is 2.78. The molecule has 0 amide bonds. The summed E-state index contributed by atoms with van der Waals surface area (Å²) in [6.07, 6.45) is 7.40. The molecule has 5 heteroatoms. The molecular weight excluding hydrogens is 214 g/mol. The van der Waals surface area contributed by atoms with Gasteiger partial charge in [0.1, 0.15) is 5.82 Å². The number of anilines is 1. The topological polar surface area (TPSA) is 68.8 Å². The van der Waals surface area contributed by atoms with E-state index in [1.165, 1.54) is 0 Å². The first kappa shape index (κ1) is 11.6. The highest BCUT2D eigenvalue weighted by atomic mass is 15.2. The minimum absolute atomic E-state index is 0.725. The standard InChI is InChI=1S/C12H17N5/c1-2-6-17-7-5-15-12(17)9-11-8-10(16-13)3-4-14-11/h3-5,7-8H,2,6,9,13H2,1H3,(H,14,16). The molecule has 0 spiro atoms. The first-order valence-electron chi connectivity index (χ1n) is 5.75. The summed E-state index contributed by atoms with van der Waals surface area (Å²) in [6, 6.07) is 3.77. The Morgan fingerprint density at radius 1 is 1.35 bits per heavy atom. The first-order valence-corrected chi connectivity index (χ1v) is 5.75. The van der Waals surface area contributed by atoms with Crippen LogP contribution in [0.3, 0.4) is 0 Å². The van der Waals surface area contributed by atoms with E-state index in [4.69, 9.17) is 5.84 Å². The summed E-state index contributed by atoms with van der Waals surface area (Å²) in [6.45, 7) is 3.14. The quantitative estimate of drug-likeness (QED) is 0.605. The van der Waals surface area contributed by atoms with Crippen LogP contribution in [0.15, 0.2) is 30.7 Å². The predicted octanol–water partition coefficient (Wildman–Crippen LogP) is 1.56. The van der Waals surface area contributed by atoms with Gasteiger partial charge in [-0.2, -0.15) is 0 Å². The highest BCUT2D eigenvalue weighted by Gasteiger charge is 2.05. The Bertz CT molecular complexity index is 477. The van der Waals surface area contributed by atoms with Crippen LogP contribution in [-0.4, -0.2) is 14.5 Å². The van der Waals surface area contributed by atoms with Crippen LogP contribution in [-0.2, 0) is 13.0 Å². The summed E-state index contributed by atoms with van der Waals surface area (Å²) in [5, 5.41) is 0. The molecule has 17 heavy (non-hydrogen) atoms. The van der Waals surface area contributed by atoms with Crippen molar-refractivity contribution in [3.05, 3.63) is 42.2 Å². The molecule has 0 bridgehead atoms. The van der Waals surface area contributed by atoms with Crippen LogP contribution >= 0.6 is 0 Å². The number of nitrogen functional groups attached to an aromatic ring is 1. The molecular formula is C12H17N5. The molecule has 5 nitrogen and oxygen atoms in total. The molecule has 0 aliphatic heterocycles. The number of hydrogen-bond donors (Lipinski definition) is 2. The third kappa shape index (κ3) is 2.82. The predicted molar refractivity (Wildman–Crippen MR) is 67.4 cm³/mol. The second-order valence-corrected chi connectivity index (χ2v) is 3.89. The van der Waals surface area contributed by atoms with Crippen molar-refractivity contribution >= 4 is 5.69 Å². The smallest absolute Gasteiger partial charge is 0.114 e. The van der Waals surface area contributed by atoms with Crippen molar-refractivity contribution in [3.8, 4) is 0 Å². The number of aromatic nitrogens is 3. The molecule has 0 aliphatic carbocycles. The van der Waals surface area contributed by atoms with Gasteiger partial charge in [0.2, 0.25) is 0 Å². The Labute approximate surface area is 101 Å². The van der Waals surface area contributed by atoms with E-state index < -0.39 is 0 Å². The Kier molecular flexibility index (Phi) is 3.72. The lowest BCUT2D eigenvalue weighted by atomic mass is 10.2. The molecule has 0 aliphatic rings. The summed E-state index contributed by atoms with van der Waals surface area (Å²) in [4.78, 5) is 8.67. The number of nitrogens with one attached hydrogen (secondary N) is 1. The van der Waals surface area contributed by atoms with Crippen LogP contribution in [0.25, 0.3) is 0 Å². The van der Waals surface area contributed by atoms with Gasteiger partial charge in [-0.05, 0) is 18.6 Å². The fraction of sp³-hybridized carbons (Fsp3) is 0.333. The third-order valence-electron chi connectivity index (χ3n) is 2.59. The molecule has 0 unspecified atom stereocenters. The third-order valence-corrected chi connectivity index (χ3v) is 2.59. The molecule has 2 aromatic heterocycles. The van der Waals surface area contributed by atoms with Gasteiger partial charge in [-0.3, -0.25) is 10.8 Å². The van der Waals surface area contributed by atoms with Crippen LogP contribution in [0, 0.1) is 0 Å². The zero-order chi connectivity index (χ0) is 12.1. The maximum Gasteiger partial charge on any atom is 0.114 e. The zero-order valence-electron chi connectivity index (χ0n) is 9.93. The van der Waals surface area contributed by atoms with Crippen molar-refractivity contribution in [2.45, 2.75) is 26.3 Å². The van der Waals surface area contributed by atoms with Crippen LogP contribution in [0.2, 0.25) is 0 Å². The van der Waals surface area contributed by atoms with E-state index in [1.807, 2.05) is 24.5 Å². The van der Waals surface area contributed by atoms with Crippen molar-refractivity contribution in [1.29, 1.82) is 0 Å². The lowest BCUT2D eigenvalue weighted by Gasteiger charge is -2.06. The van der Waals surface area contributed by atoms with E-state index >= 15 is 0 Å². The maximum absolute atomic E-state index is 5.37. The monoisotopic (exact) mass is 231 g/mol. The normalized spacial score (nSPS) is 10.5. The summed E-state index contributed by atoms with van der Waals surface area (Å²) in [5.74, 6) is 6.41. The molecule has 0 fully saturated rings. The van der Waals surface area contributed by atoms with E-state index in [0.29, 0.717) is 0 Å². The zero-order valence-corrected chi connectivity index (χ0v) is 9.93. The Morgan fingerprint density at radius 2 is 2.24 bits per heavy atom. The summed E-state index contributed by atoms with van der Waals surface area (Å²) < 4.78 is 2.16. The number of nitrogens with two attached hydrogens (primary N) is 1. The largest absolute Gasteiger partial charge is 0.335 e. The molecule has 0 saturated heterocycles. The lowest BCUT2D eigenvalue weighted by molar-refractivity contribution is 0.645. The summed E-state index contributed by atoms with van der Waals surface area (Å²) in [7, 11) is 0. The molecule has 0 atom stereocenters. The van der Waals surface area contributed by atoms with Crippen molar-refractivity contribution in [2.24, 2.45) is 5.84 Å². The number of hydrazine groups is 1. The fourth-order valence-corrected chi connectivity index (χ4v) is 1.78. The number of hydrogen-bond acceptors (Lipinski definition) is 4. The molecule has 3 N–H and O–H groups in total. The van der Waals surface area contributed by atoms with Crippen LogP contribution in [0.4, 0.5) is 5.69 Å². The number of aryl methyl sites for hydroxylation is 1. The van der Waals surface area contributed by atoms with Crippen molar-refractivity contribution in [1.82, 2.24) is 14.5 Å². The van der Waals surface area contributed by atoms with Crippen LogP contribution in [0.1, 0.15) is 24.9 Å².